The predicted molar refractivity (Wildman–Crippen MR) is 81.7 cm³/mol. The Morgan fingerprint density at radius 3 is 2.48 bits per heavy atom. The van der Waals surface area contributed by atoms with Crippen LogP contribution in [0.4, 0.5) is 0 Å². The minimum Gasteiger partial charge on any atom is -0.486 e. The van der Waals surface area contributed by atoms with Crippen LogP contribution < -0.4 is 14.8 Å². The standard InChI is InChI=1S/C15H15Cl2NO3/c1-2-18-15(11-3-4-14(17)21-11)9-7-12-13(8-10(9)16)20-6-5-19-12/h3-4,7-8,15,18H,2,5-6H2,1H3. The summed E-state index contributed by atoms with van der Waals surface area (Å²) in [6.07, 6.45) is 0. The van der Waals surface area contributed by atoms with Gasteiger partial charge in [-0.3, -0.25) is 0 Å². The summed E-state index contributed by atoms with van der Waals surface area (Å²) in [6.45, 7) is 3.84. The number of benzene rings is 1. The number of halogens is 2. The van der Waals surface area contributed by atoms with Gasteiger partial charge in [0.15, 0.2) is 16.7 Å². The molecule has 0 saturated heterocycles. The van der Waals surface area contributed by atoms with Crippen LogP contribution in [0, 0.1) is 0 Å². The van der Waals surface area contributed by atoms with Crippen LogP contribution in [0.15, 0.2) is 28.7 Å². The summed E-state index contributed by atoms with van der Waals surface area (Å²) < 4.78 is 16.7. The maximum absolute atomic E-state index is 6.40. The SMILES string of the molecule is CCNC(c1ccc(Cl)o1)c1cc2c(cc1Cl)OCCO2. The van der Waals surface area contributed by atoms with E-state index in [1.54, 1.807) is 12.1 Å². The summed E-state index contributed by atoms with van der Waals surface area (Å²) in [5.41, 5.74) is 0.869. The molecule has 1 aliphatic heterocycles. The van der Waals surface area contributed by atoms with Gasteiger partial charge in [-0.25, -0.2) is 0 Å². The molecular formula is C15H15Cl2NO3. The lowest BCUT2D eigenvalue weighted by Crippen LogP contribution is -2.22. The van der Waals surface area contributed by atoms with Gasteiger partial charge in [0.05, 0.1) is 6.04 Å². The molecule has 0 spiro atoms. The lowest BCUT2D eigenvalue weighted by molar-refractivity contribution is 0.171. The van der Waals surface area contributed by atoms with Gasteiger partial charge in [0.25, 0.3) is 0 Å². The number of nitrogens with one attached hydrogen (secondary N) is 1. The van der Waals surface area contributed by atoms with Crippen molar-refractivity contribution in [3.8, 4) is 11.5 Å². The van der Waals surface area contributed by atoms with Crippen LogP contribution in [-0.2, 0) is 0 Å². The van der Waals surface area contributed by atoms with E-state index in [-0.39, 0.29) is 6.04 Å². The highest BCUT2D eigenvalue weighted by Gasteiger charge is 2.23. The molecule has 0 aliphatic carbocycles. The van der Waals surface area contributed by atoms with Crippen molar-refractivity contribution in [3.63, 3.8) is 0 Å². The van der Waals surface area contributed by atoms with Crippen LogP contribution in [0.2, 0.25) is 10.2 Å². The molecule has 3 rings (SSSR count). The zero-order valence-electron chi connectivity index (χ0n) is 11.5. The molecule has 21 heavy (non-hydrogen) atoms. The molecule has 2 heterocycles. The molecule has 1 aromatic heterocycles. The van der Waals surface area contributed by atoms with E-state index in [4.69, 9.17) is 37.1 Å². The quantitative estimate of drug-likeness (QED) is 0.919. The minimum atomic E-state index is -0.189. The first kappa shape index (κ1) is 14.6. The second-order valence-corrected chi connectivity index (χ2v) is 5.43. The van der Waals surface area contributed by atoms with E-state index >= 15 is 0 Å². The van der Waals surface area contributed by atoms with Crippen molar-refractivity contribution < 1.29 is 13.9 Å². The van der Waals surface area contributed by atoms with Gasteiger partial charge < -0.3 is 19.2 Å². The van der Waals surface area contributed by atoms with Crippen molar-refractivity contribution in [3.05, 3.63) is 45.8 Å². The second-order valence-electron chi connectivity index (χ2n) is 4.65. The summed E-state index contributed by atoms with van der Waals surface area (Å²) in [4.78, 5) is 0. The topological polar surface area (TPSA) is 43.6 Å². The van der Waals surface area contributed by atoms with Crippen LogP contribution in [0.3, 0.4) is 0 Å². The molecule has 0 saturated carbocycles. The third-order valence-corrected chi connectivity index (χ3v) is 3.79. The minimum absolute atomic E-state index is 0.189. The fraction of sp³-hybridized carbons (Fsp3) is 0.333. The van der Waals surface area contributed by atoms with Gasteiger partial charge in [-0.15, -0.1) is 0 Å². The number of hydrogen-bond donors (Lipinski definition) is 1. The largest absolute Gasteiger partial charge is 0.486 e. The number of hydrogen-bond acceptors (Lipinski definition) is 4. The highest BCUT2D eigenvalue weighted by Crippen LogP contribution is 2.39. The summed E-state index contributed by atoms with van der Waals surface area (Å²) in [6, 6.07) is 7.03. The zero-order chi connectivity index (χ0) is 14.8. The molecule has 112 valence electrons. The summed E-state index contributed by atoms with van der Waals surface area (Å²) in [5.74, 6) is 2.07. The van der Waals surface area contributed by atoms with Crippen LogP contribution in [-0.4, -0.2) is 19.8 Å². The predicted octanol–water partition coefficient (Wildman–Crippen LogP) is 4.06. The Labute approximate surface area is 132 Å². The Morgan fingerprint density at radius 1 is 1.14 bits per heavy atom. The van der Waals surface area contributed by atoms with Crippen LogP contribution in [0.1, 0.15) is 24.3 Å². The van der Waals surface area contributed by atoms with E-state index in [1.165, 1.54) is 0 Å². The number of furan rings is 1. The first-order chi connectivity index (χ1) is 10.2. The van der Waals surface area contributed by atoms with E-state index in [0.717, 1.165) is 12.1 Å². The monoisotopic (exact) mass is 327 g/mol. The van der Waals surface area contributed by atoms with Gasteiger partial charge in [0, 0.05) is 11.1 Å². The Morgan fingerprint density at radius 2 is 1.86 bits per heavy atom. The Hall–Kier alpha value is -1.36. The third kappa shape index (κ3) is 2.98. The first-order valence-electron chi connectivity index (χ1n) is 6.76. The molecule has 1 aliphatic rings. The second kappa shape index (κ2) is 6.18. The summed E-state index contributed by atoms with van der Waals surface area (Å²) >= 11 is 12.3. The summed E-state index contributed by atoms with van der Waals surface area (Å²) in [5, 5.41) is 4.29. The number of rotatable bonds is 4. The van der Waals surface area contributed by atoms with Gasteiger partial charge in [-0.1, -0.05) is 18.5 Å². The van der Waals surface area contributed by atoms with Crippen LogP contribution in [0.5, 0.6) is 11.5 Å². The van der Waals surface area contributed by atoms with E-state index < -0.39 is 0 Å². The lowest BCUT2D eigenvalue weighted by atomic mass is 10.0. The van der Waals surface area contributed by atoms with Crippen molar-refractivity contribution in [1.82, 2.24) is 5.32 Å². The van der Waals surface area contributed by atoms with Gasteiger partial charge >= 0.3 is 0 Å². The van der Waals surface area contributed by atoms with Crippen LogP contribution in [0.25, 0.3) is 0 Å². The molecule has 0 bridgehead atoms. The zero-order valence-corrected chi connectivity index (χ0v) is 13.0. The Bertz CT molecular complexity index is 642. The van der Waals surface area contributed by atoms with Gasteiger partial charge in [0.2, 0.25) is 0 Å². The molecule has 1 atom stereocenters. The number of fused-ring (bicyclic) bond motifs is 1. The molecule has 0 amide bonds. The molecule has 4 nitrogen and oxygen atoms in total. The Kier molecular flexibility index (Phi) is 4.29. The first-order valence-corrected chi connectivity index (χ1v) is 7.52. The van der Waals surface area contributed by atoms with Gasteiger partial charge in [-0.2, -0.15) is 0 Å². The van der Waals surface area contributed by atoms with Crippen molar-refractivity contribution in [2.75, 3.05) is 19.8 Å². The van der Waals surface area contributed by atoms with E-state index in [9.17, 15) is 0 Å². The van der Waals surface area contributed by atoms with Crippen molar-refractivity contribution in [1.29, 1.82) is 0 Å². The van der Waals surface area contributed by atoms with Gasteiger partial charge in [-0.05, 0) is 41.9 Å². The third-order valence-electron chi connectivity index (χ3n) is 3.26. The average Bonchev–Trinajstić information content (AvgIpc) is 2.91. The highest BCUT2D eigenvalue weighted by atomic mass is 35.5. The van der Waals surface area contributed by atoms with E-state index in [2.05, 4.69) is 5.32 Å². The van der Waals surface area contributed by atoms with E-state index in [0.29, 0.717) is 40.7 Å². The van der Waals surface area contributed by atoms with Crippen molar-refractivity contribution in [2.24, 2.45) is 0 Å². The normalized spacial score (nSPS) is 15.0. The van der Waals surface area contributed by atoms with Crippen molar-refractivity contribution in [2.45, 2.75) is 13.0 Å². The lowest BCUT2D eigenvalue weighted by Gasteiger charge is -2.23. The smallest absolute Gasteiger partial charge is 0.193 e. The van der Waals surface area contributed by atoms with Crippen molar-refractivity contribution >= 4 is 23.2 Å². The molecule has 1 aromatic carbocycles. The van der Waals surface area contributed by atoms with Crippen LogP contribution >= 0.6 is 23.2 Å². The maximum Gasteiger partial charge on any atom is 0.193 e. The molecule has 2 aromatic rings. The number of ether oxygens (including phenoxy) is 2. The average molecular weight is 328 g/mol. The van der Waals surface area contributed by atoms with Gasteiger partial charge in [0.1, 0.15) is 19.0 Å². The Balaban J connectivity index is 2.02. The molecule has 0 fully saturated rings. The molecule has 1 N–H and O–H groups in total. The summed E-state index contributed by atoms with van der Waals surface area (Å²) in [7, 11) is 0. The molecule has 0 radical (unpaired) electrons. The fourth-order valence-electron chi connectivity index (χ4n) is 2.35. The highest BCUT2D eigenvalue weighted by molar-refractivity contribution is 6.31. The molecule has 6 heteroatoms. The molecule has 1 unspecified atom stereocenters. The van der Waals surface area contributed by atoms with E-state index in [1.807, 2.05) is 19.1 Å². The molecular weight excluding hydrogens is 313 g/mol. The maximum atomic E-state index is 6.40. The fourth-order valence-corrected chi connectivity index (χ4v) is 2.77.